The summed E-state index contributed by atoms with van der Waals surface area (Å²) in [6, 6.07) is 7.99. The van der Waals surface area contributed by atoms with Crippen LogP contribution in [0.1, 0.15) is 68.6 Å². The van der Waals surface area contributed by atoms with Crippen molar-refractivity contribution in [2.75, 3.05) is 38.5 Å². The number of hydrogen-bond donors (Lipinski definition) is 3. The number of halogens is 3. The van der Waals surface area contributed by atoms with Gasteiger partial charge in [-0.05, 0) is 55.6 Å². The van der Waals surface area contributed by atoms with Gasteiger partial charge >= 0.3 is 5.92 Å². The molecule has 1 heterocycles. The summed E-state index contributed by atoms with van der Waals surface area (Å²) in [5.41, 5.74) is -0.550. The number of likely N-dealkylation sites (N-methyl/N-ethyl adjacent to an activating group) is 1. The summed E-state index contributed by atoms with van der Waals surface area (Å²) in [5, 5.41) is 16.5. The maximum atomic E-state index is 15.5. The molecule has 47 heavy (non-hydrogen) atoms. The van der Waals surface area contributed by atoms with Gasteiger partial charge in [-0.3, -0.25) is 19.2 Å². The third-order valence-corrected chi connectivity index (χ3v) is 9.08. The molecule has 4 amide bonds. The molecule has 0 spiro atoms. The lowest BCUT2D eigenvalue weighted by Crippen LogP contribution is -2.55. The van der Waals surface area contributed by atoms with Crippen LogP contribution in [0.4, 0.5) is 18.9 Å². The van der Waals surface area contributed by atoms with Crippen LogP contribution in [0, 0.1) is 23.1 Å². The summed E-state index contributed by atoms with van der Waals surface area (Å²) in [6.07, 6.45) is 2.68. The molecule has 3 atom stereocenters. The van der Waals surface area contributed by atoms with Crippen LogP contribution in [0.15, 0.2) is 42.5 Å². The van der Waals surface area contributed by atoms with Gasteiger partial charge in [-0.2, -0.15) is 14.0 Å². The second-order valence-electron chi connectivity index (χ2n) is 12.3. The summed E-state index contributed by atoms with van der Waals surface area (Å²) in [6.45, 7) is 5.74. The van der Waals surface area contributed by atoms with E-state index in [2.05, 4.69) is 20.9 Å². The van der Waals surface area contributed by atoms with E-state index in [0.717, 1.165) is 25.0 Å². The van der Waals surface area contributed by atoms with E-state index < -0.39 is 53.0 Å². The Kier molecular flexibility index (Phi) is 11.6. The highest BCUT2D eigenvalue weighted by atomic mass is 19.3. The molecule has 13 heteroatoms. The van der Waals surface area contributed by atoms with Crippen molar-refractivity contribution in [3.8, 4) is 6.07 Å². The minimum atomic E-state index is -4.03. The highest BCUT2D eigenvalue weighted by Gasteiger charge is 2.44. The normalized spacial score (nSPS) is 17.7. The van der Waals surface area contributed by atoms with Crippen molar-refractivity contribution in [3.63, 3.8) is 0 Å². The van der Waals surface area contributed by atoms with Crippen LogP contribution in [0.2, 0.25) is 0 Å². The van der Waals surface area contributed by atoms with Crippen LogP contribution in [0.25, 0.3) is 0 Å². The van der Waals surface area contributed by atoms with Crippen molar-refractivity contribution >= 4 is 29.3 Å². The molecule has 0 radical (unpaired) electrons. The number of carbonyl (C=O) groups excluding carboxylic acids is 4. The number of anilines is 1. The van der Waals surface area contributed by atoms with Crippen molar-refractivity contribution in [1.29, 1.82) is 5.26 Å². The monoisotopic (exact) mass is 654 g/mol. The Morgan fingerprint density at radius 3 is 2.32 bits per heavy atom. The van der Waals surface area contributed by atoms with E-state index in [1.165, 1.54) is 30.3 Å². The van der Waals surface area contributed by atoms with E-state index >= 15 is 13.2 Å². The van der Waals surface area contributed by atoms with Gasteiger partial charge < -0.3 is 25.8 Å². The first-order valence-corrected chi connectivity index (χ1v) is 15.9. The van der Waals surface area contributed by atoms with E-state index in [1.54, 1.807) is 24.8 Å². The van der Waals surface area contributed by atoms with Gasteiger partial charge in [-0.25, -0.2) is 4.39 Å². The van der Waals surface area contributed by atoms with Crippen molar-refractivity contribution in [3.05, 3.63) is 65.0 Å². The number of amides is 4. The molecule has 2 fully saturated rings. The molecule has 1 saturated heterocycles. The number of nitrogens with one attached hydrogen (secondary N) is 3. The van der Waals surface area contributed by atoms with Crippen LogP contribution < -0.4 is 16.0 Å². The van der Waals surface area contributed by atoms with Gasteiger partial charge in [0.15, 0.2) is 0 Å². The molecule has 4 rings (SSSR count). The molecule has 1 aliphatic carbocycles. The summed E-state index contributed by atoms with van der Waals surface area (Å²) in [5.74, 6) is -9.05. The molecular formula is C34H41F3N6O4. The summed E-state index contributed by atoms with van der Waals surface area (Å²) in [4.78, 5) is 55.9. The molecule has 0 bridgehead atoms. The zero-order valence-corrected chi connectivity index (χ0v) is 26.8. The number of hydrogen-bond acceptors (Lipinski definition) is 6. The molecule has 2 aliphatic rings. The summed E-state index contributed by atoms with van der Waals surface area (Å²) < 4.78 is 45.9. The van der Waals surface area contributed by atoms with Gasteiger partial charge in [-0.1, -0.05) is 44.9 Å². The largest absolute Gasteiger partial charge is 0.349 e. The first-order chi connectivity index (χ1) is 22.3. The Bertz CT molecular complexity index is 1520. The molecule has 252 valence electrons. The number of carbonyl (C=O) groups is 4. The zero-order chi connectivity index (χ0) is 34.3. The van der Waals surface area contributed by atoms with Crippen molar-refractivity contribution in [2.45, 2.75) is 69.9 Å². The predicted octanol–water partition coefficient (Wildman–Crippen LogP) is 3.88. The Hall–Kier alpha value is -4.44. The zero-order valence-electron chi connectivity index (χ0n) is 26.8. The number of alkyl halides is 2. The smallest absolute Gasteiger partial charge is 0.344 e. The van der Waals surface area contributed by atoms with Crippen molar-refractivity contribution in [1.82, 2.24) is 20.4 Å². The maximum absolute atomic E-state index is 15.5. The predicted molar refractivity (Wildman–Crippen MR) is 169 cm³/mol. The standard InChI is InChI=1S/C34H41F3N6O4/c1-4-28(44)40-29(32(46)43-16-14-42(3)15-17-43)21(2)24-12-13-27(26(35)19-24)39-31(45)30(23-9-5-6-10-23)41-33(47)34(36,37)25-11-7-8-22(18-25)20-38/h7-8,11-13,18-19,21,23,29-30H,4-6,9-10,14-17H2,1-3H3,(H,39,45)(H,40,44)(H,41,47)/t21-,29+,30-/m0/s1. The fourth-order valence-electron chi connectivity index (χ4n) is 6.05. The second-order valence-corrected chi connectivity index (χ2v) is 12.3. The lowest BCUT2D eigenvalue weighted by molar-refractivity contribution is -0.149. The van der Waals surface area contributed by atoms with E-state index in [1.807, 2.05) is 7.05 Å². The molecule has 1 aliphatic heterocycles. The van der Waals surface area contributed by atoms with E-state index in [9.17, 15) is 19.2 Å². The van der Waals surface area contributed by atoms with E-state index in [4.69, 9.17) is 5.26 Å². The average Bonchev–Trinajstić information content (AvgIpc) is 3.61. The van der Waals surface area contributed by atoms with Gasteiger partial charge in [-0.15, -0.1) is 0 Å². The number of benzene rings is 2. The summed E-state index contributed by atoms with van der Waals surface area (Å²) >= 11 is 0. The Balaban J connectivity index is 1.51. The number of nitriles is 1. The highest BCUT2D eigenvalue weighted by Crippen LogP contribution is 2.33. The van der Waals surface area contributed by atoms with Crippen LogP contribution >= 0.6 is 0 Å². The number of nitrogens with zero attached hydrogens (tertiary/aromatic N) is 3. The lowest BCUT2D eigenvalue weighted by atomic mass is 9.91. The Morgan fingerprint density at radius 2 is 1.70 bits per heavy atom. The van der Waals surface area contributed by atoms with Crippen molar-refractivity contribution in [2.24, 2.45) is 5.92 Å². The van der Waals surface area contributed by atoms with Crippen LogP contribution in [-0.2, 0) is 25.1 Å². The maximum Gasteiger partial charge on any atom is 0.349 e. The van der Waals surface area contributed by atoms with Crippen molar-refractivity contribution < 1.29 is 32.3 Å². The molecule has 0 unspecified atom stereocenters. The third kappa shape index (κ3) is 8.48. The molecule has 1 saturated carbocycles. The first kappa shape index (κ1) is 35.4. The molecule has 2 aromatic carbocycles. The van der Waals surface area contributed by atoms with Gasteiger partial charge in [0, 0.05) is 44.1 Å². The van der Waals surface area contributed by atoms with Gasteiger partial charge in [0.25, 0.3) is 5.91 Å². The fraction of sp³-hybridized carbons (Fsp3) is 0.500. The minimum absolute atomic E-state index is 0.0453. The highest BCUT2D eigenvalue weighted by molar-refractivity contribution is 5.98. The molecule has 3 N–H and O–H groups in total. The van der Waals surface area contributed by atoms with Gasteiger partial charge in [0.1, 0.15) is 17.9 Å². The Labute approximate surface area is 272 Å². The minimum Gasteiger partial charge on any atom is -0.344 e. The SMILES string of the molecule is CCC(=O)N[C@@H](C(=O)N1CCN(C)CC1)[C@@H](C)c1ccc(NC(=O)[C@@H](NC(=O)C(F)(F)c2cccc(C#N)c2)C2CCCC2)c(F)c1. The first-order valence-electron chi connectivity index (χ1n) is 15.9. The molecule has 0 aromatic heterocycles. The molecule has 2 aromatic rings. The van der Waals surface area contributed by atoms with Crippen LogP contribution in [0.5, 0.6) is 0 Å². The van der Waals surface area contributed by atoms with Gasteiger partial charge in [0.2, 0.25) is 17.7 Å². The fourth-order valence-corrected chi connectivity index (χ4v) is 6.05. The Morgan fingerprint density at radius 1 is 1.02 bits per heavy atom. The van der Waals surface area contributed by atoms with E-state index in [0.29, 0.717) is 44.6 Å². The number of rotatable bonds is 11. The topological polar surface area (TPSA) is 135 Å². The number of piperazine rings is 1. The van der Waals surface area contributed by atoms with E-state index in [-0.39, 0.29) is 29.5 Å². The van der Waals surface area contributed by atoms with Crippen LogP contribution in [-0.4, -0.2) is 78.7 Å². The summed E-state index contributed by atoms with van der Waals surface area (Å²) in [7, 11) is 1.96. The second kappa shape index (κ2) is 15.4. The quantitative estimate of drug-likeness (QED) is 0.337. The third-order valence-electron chi connectivity index (χ3n) is 9.08. The molecular weight excluding hydrogens is 613 g/mol. The van der Waals surface area contributed by atoms with Gasteiger partial charge in [0.05, 0.1) is 17.3 Å². The lowest BCUT2D eigenvalue weighted by Gasteiger charge is -2.36. The average molecular weight is 655 g/mol. The molecule has 10 nitrogen and oxygen atoms in total. The van der Waals surface area contributed by atoms with Crippen LogP contribution in [0.3, 0.4) is 0 Å².